The quantitative estimate of drug-likeness (QED) is 0.463. The second kappa shape index (κ2) is 9.30. The second-order valence-electron chi connectivity index (χ2n) is 9.58. The summed E-state index contributed by atoms with van der Waals surface area (Å²) in [7, 11) is 0. The van der Waals surface area contributed by atoms with Crippen molar-refractivity contribution in [2.24, 2.45) is 0 Å². The number of carbonyl (C=O) groups is 1. The van der Waals surface area contributed by atoms with E-state index in [1.54, 1.807) is 23.0 Å². The number of amides is 1. The number of hydrogen-bond donors (Lipinski definition) is 0. The summed E-state index contributed by atoms with van der Waals surface area (Å²) in [6.07, 6.45) is 5.82. The molecule has 0 N–H and O–H groups in total. The molecule has 0 aliphatic carbocycles. The van der Waals surface area contributed by atoms with E-state index >= 15 is 0 Å². The topological polar surface area (TPSA) is 86.8 Å². The molecule has 1 fully saturated rings. The predicted octanol–water partition coefficient (Wildman–Crippen LogP) is 5.34. The molecule has 0 saturated carbocycles. The monoisotopic (exact) mass is 474 g/mol. The molecule has 1 saturated heterocycles. The van der Waals surface area contributed by atoms with Crippen LogP contribution in [0, 0.1) is 0 Å². The molecule has 4 rings (SSSR count). The third kappa shape index (κ3) is 5.14. The lowest BCUT2D eigenvalue weighted by molar-refractivity contribution is -0.0411. The standard InChI is InChI=1S/C23H31ClN6O3/c1-15(2)17-13-26-30-19(12-18(24)27-21(17)30)28(22(31)33-23(3,4)5)14-16-9-10-25-29(16)20-8-6-7-11-32-20/h9-10,12-13,15,20H,6-8,11,14H2,1-5H3. The van der Waals surface area contributed by atoms with Crippen LogP contribution in [0.4, 0.5) is 10.6 Å². The van der Waals surface area contributed by atoms with Crippen molar-refractivity contribution in [3.05, 3.63) is 40.9 Å². The van der Waals surface area contributed by atoms with Gasteiger partial charge in [-0.2, -0.15) is 14.7 Å². The zero-order valence-corrected chi connectivity index (χ0v) is 20.5. The number of rotatable bonds is 5. The molecule has 1 amide bonds. The lowest BCUT2D eigenvalue weighted by Gasteiger charge is -2.29. The Morgan fingerprint density at radius 3 is 2.79 bits per heavy atom. The van der Waals surface area contributed by atoms with Gasteiger partial charge >= 0.3 is 6.09 Å². The number of hydrogen-bond acceptors (Lipinski definition) is 6. The van der Waals surface area contributed by atoms with E-state index < -0.39 is 11.7 Å². The molecule has 0 radical (unpaired) electrons. The van der Waals surface area contributed by atoms with Gasteiger partial charge in [-0.15, -0.1) is 0 Å². The van der Waals surface area contributed by atoms with Crippen LogP contribution in [-0.4, -0.2) is 42.7 Å². The van der Waals surface area contributed by atoms with Crippen molar-refractivity contribution >= 4 is 29.2 Å². The minimum Gasteiger partial charge on any atom is -0.443 e. The first-order chi connectivity index (χ1) is 15.6. The molecule has 1 atom stereocenters. The van der Waals surface area contributed by atoms with Crippen LogP contribution in [0.2, 0.25) is 5.15 Å². The van der Waals surface area contributed by atoms with E-state index in [0.717, 1.165) is 30.5 Å². The van der Waals surface area contributed by atoms with Crippen LogP contribution in [0.15, 0.2) is 24.5 Å². The Bertz CT molecular complexity index is 1130. The fourth-order valence-corrected chi connectivity index (χ4v) is 4.07. The number of fused-ring (bicyclic) bond motifs is 1. The lowest BCUT2D eigenvalue weighted by atomic mass is 10.1. The van der Waals surface area contributed by atoms with Crippen LogP contribution in [0.5, 0.6) is 0 Å². The van der Waals surface area contributed by atoms with E-state index in [4.69, 9.17) is 21.1 Å². The van der Waals surface area contributed by atoms with Crippen LogP contribution in [0.25, 0.3) is 5.65 Å². The van der Waals surface area contributed by atoms with Gasteiger partial charge < -0.3 is 9.47 Å². The van der Waals surface area contributed by atoms with Crippen LogP contribution in [-0.2, 0) is 16.0 Å². The minimum atomic E-state index is -0.675. The average Bonchev–Trinajstić information content (AvgIpc) is 3.37. The summed E-state index contributed by atoms with van der Waals surface area (Å²) in [4.78, 5) is 19.4. The molecule has 3 aromatic rings. The summed E-state index contributed by atoms with van der Waals surface area (Å²) < 4.78 is 15.2. The van der Waals surface area contributed by atoms with Gasteiger partial charge in [0.15, 0.2) is 11.9 Å². The first kappa shape index (κ1) is 23.5. The number of ether oxygens (including phenoxy) is 2. The van der Waals surface area contributed by atoms with E-state index in [1.807, 2.05) is 31.5 Å². The Labute approximate surface area is 198 Å². The fraction of sp³-hybridized carbons (Fsp3) is 0.565. The summed E-state index contributed by atoms with van der Waals surface area (Å²) in [5.41, 5.74) is 1.71. The van der Waals surface area contributed by atoms with Gasteiger partial charge in [0.05, 0.1) is 18.4 Å². The van der Waals surface area contributed by atoms with Gasteiger partial charge in [-0.3, -0.25) is 4.90 Å². The van der Waals surface area contributed by atoms with Crippen LogP contribution in [0.3, 0.4) is 0 Å². The van der Waals surface area contributed by atoms with Crippen molar-refractivity contribution in [1.29, 1.82) is 0 Å². The lowest BCUT2D eigenvalue weighted by Crippen LogP contribution is -2.38. The summed E-state index contributed by atoms with van der Waals surface area (Å²) in [6, 6.07) is 3.52. The van der Waals surface area contributed by atoms with E-state index in [2.05, 4.69) is 29.0 Å². The first-order valence-corrected chi connectivity index (χ1v) is 11.7. The Balaban J connectivity index is 1.78. The van der Waals surface area contributed by atoms with Crippen molar-refractivity contribution in [3.63, 3.8) is 0 Å². The van der Waals surface area contributed by atoms with Gasteiger partial charge in [-0.25, -0.2) is 14.5 Å². The molecule has 10 heteroatoms. The Hall–Kier alpha value is -2.65. The van der Waals surface area contributed by atoms with E-state index in [0.29, 0.717) is 18.1 Å². The number of aromatic nitrogens is 5. The van der Waals surface area contributed by atoms with Gasteiger partial charge in [-0.05, 0) is 52.0 Å². The molecule has 0 spiro atoms. The first-order valence-electron chi connectivity index (χ1n) is 11.3. The average molecular weight is 475 g/mol. The maximum Gasteiger partial charge on any atom is 0.416 e. The van der Waals surface area contributed by atoms with Gasteiger partial charge in [-0.1, -0.05) is 25.4 Å². The molecule has 0 aromatic carbocycles. The molecule has 1 aliphatic heterocycles. The van der Waals surface area contributed by atoms with E-state index in [1.165, 1.54) is 4.90 Å². The molecule has 3 aromatic heterocycles. The Morgan fingerprint density at radius 2 is 2.12 bits per heavy atom. The highest BCUT2D eigenvalue weighted by Gasteiger charge is 2.29. The van der Waals surface area contributed by atoms with Crippen molar-refractivity contribution in [2.45, 2.75) is 78.2 Å². The second-order valence-corrected chi connectivity index (χ2v) is 9.97. The molecule has 0 bridgehead atoms. The third-order valence-electron chi connectivity index (χ3n) is 5.46. The van der Waals surface area contributed by atoms with E-state index in [-0.39, 0.29) is 23.8 Å². The number of nitrogens with zero attached hydrogens (tertiary/aromatic N) is 6. The summed E-state index contributed by atoms with van der Waals surface area (Å²) >= 11 is 6.41. The number of halogens is 1. The molecule has 1 aliphatic rings. The zero-order chi connectivity index (χ0) is 23.8. The fourth-order valence-electron chi connectivity index (χ4n) is 3.90. The van der Waals surface area contributed by atoms with E-state index in [9.17, 15) is 4.79 Å². The minimum absolute atomic E-state index is 0.150. The van der Waals surface area contributed by atoms with Gasteiger partial charge in [0.1, 0.15) is 16.6 Å². The molecular weight excluding hydrogens is 444 g/mol. The Kier molecular flexibility index (Phi) is 6.63. The molecular formula is C23H31ClN6O3. The van der Waals surface area contributed by atoms with Crippen LogP contribution in [0.1, 0.15) is 77.3 Å². The molecule has 4 heterocycles. The van der Waals surface area contributed by atoms with Crippen molar-refractivity contribution in [3.8, 4) is 0 Å². The molecule has 1 unspecified atom stereocenters. The number of anilines is 1. The summed E-state index contributed by atoms with van der Waals surface area (Å²) in [5, 5.41) is 9.28. The zero-order valence-electron chi connectivity index (χ0n) is 19.8. The highest BCUT2D eigenvalue weighted by atomic mass is 35.5. The van der Waals surface area contributed by atoms with Crippen LogP contribution < -0.4 is 4.90 Å². The molecule has 9 nitrogen and oxygen atoms in total. The van der Waals surface area contributed by atoms with Crippen molar-refractivity contribution in [1.82, 2.24) is 24.4 Å². The smallest absolute Gasteiger partial charge is 0.416 e. The van der Waals surface area contributed by atoms with Crippen molar-refractivity contribution < 1.29 is 14.3 Å². The maximum atomic E-state index is 13.4. The van der Waals surface area contributed by atoms with Crippen LogP contribution >= 0.6 is 11.6 Å². The number of carbonyl (C=O) groups excluding carboxylic acids is 1. The van der Waals surface area contributed by atoms with Gasteiger partial charge in [0.2, 0.25) is 0 Å². The largest absolute Gasteiger partial charge is 0.443 e. The highest BCUT2D eigenvalue weighted by Crippen LogP contribution is 2.29. The summed E-state index contributed by atoms with van der Waals surface area (Å²) in [5.74, 6) is 0.671. The molecule has 33 heavy (non-hydrogen) atoms. The normalized spacial score (nSPS) is 17.0. The Morgan fingerprint density at radius 1 is 1.33 bits per heavy atom. The summed E-state index contributed by atoms with van der Waals surface area (Å²) in [6.45, 7) is 10.5. The SMILES string of the molecule is CC(C)c1cnn2c(N(Cc3ccnn3C3CCCCO3)C(=O)OC(C)(C)C)cc(Cl)nc12. The van der Waals surface area contributed by atoms with Crippen molar-refractivity contribution in [2.75, 3.05) is 11.5 Å². The van der Waals surface area contributed by atoms with Gasteiger partial charge in [0.25, 0.3) is 0 Å². The van der Waals surface area contributed by atoms with Gasteiger partial charge in [0, 0.05) is 24.4 Å². The molecule has 178 valence electrons. The maximum absolute atomic E-state index is 13.4. The third-order valence-corrected chi connectivity index (χ3v) is 5.66. The predicted molar refractivity (Wildman–Crippen MR) is 126 cm³/mol. The highest BCUT2D eigenvalue weighted by molar-refractivity contribution is 6.29.